The van der Waals surface area contributed by atoms with Crippen LogP contribution in [0.3, 0.4) is 0 Å². The van der Waals surface area contributed by atoms with Crippen molar-refractivity contribution in [3.63, 3.8) is 0 Å². The number of carbonyl (C=O) groups excluding carboxylic acids is 1. The van der Waals surface area contributed by atoms with Crippen molar-refractivity contribution in [3.8, 4) is 5.75 Å². The van der Waals surface area contributed by atoms with Gasteiger partial charge < -0.3 is 20.7 Å². The molecule has 0 fully saturated rings. The van der Waals surface area contributed by atoms with Gasteiger partial charge in [0.05, 0.1) is 0 Å². The maximum absolute atomic E-state index is 12.6. The number of amides is 1. The smallest absolute Gasteiger partial charge is 0.387 e. The number of alkyl halides is 2. The maximum atomic E-state index is 12.6. The third-order valence-electron chi connectivity index (χ3n) is 3.92. The van der Waals surface area contributed by atoms with E-state index in [0.29, 0.717) is 35.2 Å². The van der Waals surface area contributed by atoms with Crippen LogP contribution in [0.4, 0.5) is 8.78 Å². The zero-order valence-electron chi connectivity index (χ0n) is 16.1. The molecule has 2 rings (SSSR count). The summed E-state index contributed by atoms with van der Waals surface area (Å²) in [5, 5.41) is 9.31. The molecular formula is C20H23ClF2N4O2. The van der Waals surface area contributed by atoms with Gasteiger partial charge >= 0.3 is 6.61 Å². The molecule has 0 saturated carbocycles. The number of hydrogen-bond donors (Lipinski definition) is 3. The van der Waals surface area contributed by atoms with Crippen molar-refractivity contribution < 1.29 is 18.3 Å². The number of nitrogens with one attached hydrogen (secondary N) is 3. The minimum atomic E-state index is -2.92. The summed E-state index contributed by atoms with van der Waals surface area (Å²) < 4.78 is 29.6. The molecule has 0 atom stereocenters. The van der Waals surface area contributed by atoms with Gasteiger partial charge in [0.15, 0.2) is 5.96 Å². The van der Waals surface area contributed by atoms with E-state index in [1.807, 2.05) is 19.1 Å². The molecule has 0 aromatic heterocycles. The van der Waals surface area contributed by atoms with E-state index in [4.69, 9.17) is 11.6 Å². The molecule has 9 heteroatoms. The summed E-state index contributed by atoms with van der Waals surface area (Å²) in [4.78, 5) is 15.9. The van der Waals surface area contributed by atoms with Gasteiger partial charge in [-0.25, -0.2) is 0 Å². The van der Waals surface area contributed by atoms with Crippen molar-refractivity contribution in [1.29, 1.82) is 0 Å². The molecular weight excluding hydrogens is 402 g/mol. The van der Waals surface area contributed by atoms with Gasteiger partial charge in [0.25, 0.3) is 5.91 Å². The van der Waals surface area contributed by atoms with Crippen LogP contribution in [-0.2, 0) is 13.1 Å². The molecule has 0 radical (unpaired) electrons. The molecule has 2 aromatic rings. The molecule has 0 aliphatic rings. The lowest BCUT2D eigenvalue weighted by Gasteiger charge is -2.15. The Morgan fingerprint density at radius 3 is 2.41 bits per heavy atom. The molecule has 0 aliphatic carbocycles. The van der Waals surface area contributed by atoms with Gasteiger partial charge in [0.2, 0.25) is 0 Å². The summed E-state index contributed by atoms with van der Waals surface area (Å²) in [6.45, 7) is 0.167. The van der Waals surface area contributed by atoms with E-state index in [9.17, 15) is 13.6 Å². The Bertz CT molecular complexity index is 845. The molecule has 3 N–H and O–H groups in total. The number of halogens is 3. The first-order valence-corrected chi connectivity index (χ1v) is 9.35. The average molecular weight is 425 g/mol. The molecule has 0 bridgehead atoms. The Balaban J connectivity index is 1.93. The fourth-order valence-corrected chi connectivity index (χ4v) is 2.71. The van der Waals surface area contributed by atoms with Gasteiger partial charge in [-0.05, 0) is 42.8 Å². The number of benzene rings is 2. The van der Waals surface area contributed by atoms with Crippen LogP contribution >= 0.6 is 11.6 Å². The van der Waals surface area contributed by atoms with E-state index in [0.717, 1.165) is 5.56 Å². The number of aliphatic imine (C=N–C) groups is 1. The number of ether oxygens (including phenoxy) is 1. The predicted molar refractivity (Wildman–Crippen MR) is 110 cm³/mol. The zero-order chi connectivity index (χ0) is 21.2. The van der Waals surface area contributed by atoms with Crippen molar-refractivity contribution in [1.82, 2.24) is 16.0 Å². The lowest BCUT2D eigenvalue weighted by atomic mass is 10.1. The van der Waals surface area contributed by atoms with Crippen LogP contribution < -0.4 is 20.7 Å². The Hall–Kier alpha value is -2.87. The SMILES string of the molecule is CCNC(=O)c1ccc(CNC(=NC)NCc2cc(Cl)ccc2OC(F)F)cc1. The van der Waals surface area contributed by atoms with Crippen LogP contribution in [0, 0.1) is 0 Å². The number of nitrogens with zero attached hydrogens (tertiary/aromatic N) is 1. The molecule has 0 unspecified atom stereocenters. The average Bonchev–Trinajstić information content (AvgIpc) is 2.70. The monoisotopic (exact) mass is 424 g/mol. The Labute approximate surface area is 173 Å². The molecule has 29 heavy (non-hydrogen) atoms. The van der Waals surface area contributed by atoms with E-state index in [-0.39, 0.29) is 18.2 Å². The van der Waals surface area contributed by atoms with E-state index in [1.54, 1.807) is 25.2 Å². The summed E-state index contributed by atoms with van der Waals surface area (Å²) in [5.41, 5.74) is 2.02. The highest BCUT2D eigenvalue weighted by Crippen LogP contribution is 2.24. The summed E-state index contributed by atoms with van der Waals surface area (Å²) in [5.74, 6) is 0.405. The number of hydrogen-bond acceptors (Lipinski definition) is 3. The largest absolute Gasteiger partial charge is 0.434 e. The molecule has 0 aliphatic heterocycles. The fourth-order valence-electron chi connectivity index (χ4n) is 2.52. The van der Waals surface area contributed by atoms with Crippen LogP contribution in [0.25, 0.3) is 0 Å². The van der Waals surface area contributed by atoms with E-state index >= 15 is 0 Å². The van der Waals surface area contributed by atoms with E-state index in [1.165, 1.54) is 12.1 Å². The second kappa shape index (κ2) is 11.2. The van der Waals surface area contributed by atoms with Crippen LogP contribution in [0.15, 0.2) is 47.5 Å². The molecule has 2 aromatic carbocycles. The highest BCUT2D eigenvalue weighted by molar-refractivity contribution is 6.30. The topological polar surface area (TPSA) is 74.8 Å². The minimum Gasteiger partial charge on any atom is -0.434 e. The van der Waals surface area contributed by atoms with Gasteiger partial charge in [-0.1, -0.05) is 23.7 Å². The summed E-state index contributed by atoms with van der Waals surface area (Å²) >= 11 is 5.95. The Kier molecular flexibility index (Phi) is 8.67. The van der Waals surface area contributed by atoms with E-state index in [2.05, 4.69) is 25.7 Å². The molecule has 1 amide bonds. The van der Waals surface area contributed by atoms with Gasteiger partial charge in [0, 0.05) is 42.8 Å². The van der Waals surface area contributed by atoms with Crippen molar-refractivity contribution in [2.75, 3.05) is 13.6 Å². The van der Waals surface area contributed by atoms with Gasteiger partial charge in [-0.15, -0.1) is 0 Å². The summed E-state index contributed by atoms with van der Waals surface area (Å²) in [6.07, 6.45) is 0. The second-order valence-corrected chi connectivity index (χ2v) is 6.40. The second-order valence-electron chi connectivity index (χ2n) is 5.97. The lowest BCUT2D eigenvalue weighted by molar-refractivity contribution is -0.0504. The quantitative estimate of drug-likeness (QED) is 0.447. The summed E-state index contributed by atoms with van der Waals surface area (Å²) in [7, 11) is 1.60. The van der Waals surface area contributed by atoms with Crippen molar-refractivity contribution in [2.45, 2.75) is 26.6 Å². The lowest BCUT2D eigenvalue weighted by Crippen LogP contribution is -2.36. The number of carbonyl (C=O) groups is 1. The normalized spacial score (nSPS) is 11.3. The number of guanidine groups is 1. The molecule has 0 spiro atoms. The molecule has 0 saturated heterocycles. The molecule has 156 valence electrons. The van der Waals surface area contributed by atoms with Crippen molar-refractivity contribution >= 4 is 23.5 Å². The van der Waals surface area contributed by atoms with Crippen LogP contribution in [0.5, 0.6) is 5.75 Å². The van der Waals surface area contributed by atoms with Gasteiger partial charge in [0.1, 0.15) is 5.75 Å². The predicted octanol–water partition coefficient (Wildman–Crippen LogP) is 3.56. The molecule has 6 nitrogen and oxygen atoms in total. The van der Waals surface area contributed by atoms with E-state index < -0.39 is 6.61 Å². The highest BCUT2D eigenvalue weighted by Gasteiger charge is 2.11. The third-order valence-corrected chi connectivity index (χ3v) is 4.16. The van der Waals surface area contributed by atoms with Crippen molar-refractivity contribution in [3.05, 3.63) is 64.2 Å². The van der Waals surface area contributed by atoms with Gasteiger partial charge in [-0.2, -0.15) is 8.78 Å². The first-order valence-electron chi connectivity index (χ1n) is 8.97. The zero-order valence-corrected chi connectivity index (χ0v) is 16.9. The molecule has 0 heterocycles. The van der Waals surface area contributed by atoms with Crippen LogP contribution in [0.2, 0.25) is 5.02 Å². The third kappa shape index (κ3) is 7.23. The van der Waals surface area contributed by atoms with Crippen molar-refractivity contribution in [2.24, 2.45) is 4.99 Å². The van der Waals surface area contributed by atoms with Crippen LogP contribution in [-0.4, -0.2) is 32.1 Å². The highest BCUT2D eigenvalue weighted by atomic mass is 35.5. The standard InChI is InChI=1S/C20H23ClF2N4O2/c1-3-25-18(28)14-6-4-13(5-7-14)11-26-20(24-2)27-12-15-10-16(21)8-9-17(15)29-19(22)23/h4-10,19H,3,11-12H2,1-2H3,(H,25,28)(H2,24,26,27). The first kappa shape index (κ1) is 22.4. The van der Waals surface area contributed by atoms with Gasteiger partial charge in [-0.3, -0.25) is 9.79 Å². The minimum absolute atomic E-state index is 0.0493. The fraction of sp³-hybridized carbons (Fsp3) is 0.300. The number of rotatable bonds is 8. The Morgan fingerprint density at radius 1 is 1.10 bits per heavy atom. The first-order chi connectivity index (χ1) is 13.9. The Morgan fingerprint density at radius 2 is 1.79 bits per heavy atom. The summed E-state index contributed by atoms with van der Waals surface area (Å²) in [6, 6.07) is 11.6. The maximum Gasteiger partial charge on any atom is 0.387 e. The van der Waals surface area contributed by atoms with Crippen LogP contribution in [0.1, 0.15) is 28.4 Å².